The van der Waals surface area contributed by atoms with Crippen molar-refractivity contribution in [1.29, 1.82) is 0 Å². The molecule has 1 N–H and O–H groups in total. The molecular weight excluding hydrogens is 429 g/mol. The molecule has 10 heteroatoms. The van der Waals surface area contributed by atoms with Crippen molar-refractivity contribution < 1.29 is 18.5 Å². The number of carbonyl (C=O) groups is 1. The second-order valence-electron chi connectivity index (χ2n) is 7.06. The van der Waals surface area contributed by atoms with Gasteiger partial charge in [-0.1, -0.05) is 12.1 Å². The molecule has 1 amide bonds. The molecule has 0 aliphatic carbocycles. The van der Waals surface area contributed by atoms with Crippen LogP contribution in [0.2, 0.25) is 0 Å². The van der Waals surface area contributed by atoms with Crippen LogP contribution in [0.5, 0.6) is 0 Å². The van der Waals surface area contributed by atoms with Crippen molar-refractivity contribution in [2.75, 3.05) is 5.32 Å². The Morgan fingerprint density at radius 3 is 2.52 bits per heavy atom. The lowest BCUT2D eigenvalue weighted by Gasteiger charge is -2.03. The van der Waals surface area contributed by atoms with E-state index in [-0.39, 0.29) is 28.6 Å². The van der Waals surface area contributed by atoms with E-state index in [1.807, 2.05) is 0 Å². The van der Waals surface area contributed by atoms with E-state index in [9.17, 15) is 19.3 Å². The van der Waals surface area contributed by atoms with Crippen LogP contribution < -0.4 is 5.32 Å². The number of halogens is 1. The summed E-state index contributed by atoms with van der Waals surface area (Å²) >= 11 is 0. The number of furan rings is 1. The second kappa shape index (κ2) is 8.00. The largest absolute Gasteiger partial charge is 0.451 e. The van der Waals surface area contributed by atoms with Gasteiger partial charge in [0, 0.05) is 11.8 Å². The summed E-state index contributed by atoms with van der Waals surface area (Å²) < 4.78 is 18.7. The molecule has 33 heavy (non-hydrogen) atoms. The highest BCUT2D eigenvalue weighted by atomic mass is 19.1. The monoisotopic (exact) mass is 443 g/mol. The van der Waals surface area contributed by atoms with Crippen LogP contribution in [0, 0.1) is 15.9 Å². The van der Waals surface area contributed by atoms with E-state index in [0.29, 0.717) is 22.4 Å². The SMILES string of the molecule is O=C(Nc1ccc2nn(-c3ccc(F)cc3)nc2c1)c1ccc(-c2ccccc2[N+](=O)[O-])o1. The number of nitro groups is 1. The van der Waals surface area contributed by atoms with E-state index in [1.165, 1.54) is 35.1 Å². The molecule has 0 saturated heterocycles. The van der Waals surface area contributed by atoms with Crippen molar-refractivity contribution in [2.45, 2.75) is 0 Å². The maximum Gasteiger partial charge on any atom is 0.291 e. The molecule has 2 heterocycles. The van der Waals surface area contributed by atoms with Gasteiger partial charge in [0.1, 0.15) is 22.6 Å². The van der Waals surface area contributed by atoms with Crippen molar-refractivity contribution >= 4 is 28.3 Å². The lowest BCUT2D eigenvalue weighted by Crippen LogP contribution is -2.10. The van der Waals surface area contributed by atoms with Gasteiger partial charge in [0.2, 0.25) is 0 Å². The summed E-state index contributed by atoms with van der Waals surface area (Å²) in [4.78, 5) is 24.8. The first-order chi connectivity index (χ1) is 16.0. The number of benzene rings is 3. The predicted molar refractivity (Wildman–Crippen MR) is 118 cm³/mol. The van der Waals surface area contributed by atoms with Crippen LogP contribution in [-0.2, 0) is 0 Å². The minimum Gasteiger partial charge on any atom is -0.451 e. The van der Waals surface area contributed by atoms with E-state index in [4.69, 9.17) is 4.42 Å². The predicted octanol–water partition coefficient (Wildman–Crippen LogP) is 4.98. The molecule has 5 rings (SSSR count). The first kappa shape index (κ1) is 20.1. The Hall–Kier alpha value is -4.86. The number of nitrogens with zero attached hydrogens (tertiary/aromatic N) is 4. The fourth-order valence-electron chi connectivity index (χ4n) is 3.32. The van der Waals surface area contributed by atoms with Crippen LogP contribution in [-0.4, -0.2) is 25.8 Å². The van der Waals surface area contributed by atoms with Crippen LogP contribution >= 0.6 is 0 Å². The van der Waals surface area contributed by atoms with Gasteiger partial charge in [0.15, 0.2) is 5.76 Å². The van der Waals surface area contributed by atoms with Crippen molar-refractivity contribution in [3.63, 3.8) is 0 Å². The molecule has 0 atom stereocenters. The highest BCUT2D eigenvalue weighted by molar-refractivity contribution is 6.03. The summed E-state index contributed by atoms with van der Waals surface area (Å²) in [6.07, 6.45) is 0. The minimum absolute atomic E-state index is 0.00165. The van der Waals surface area contributed by atoms with Gasteiger partial charge in [-0.15, -0.1) is 10.2 Å². The average Bonchev–Trinajstić information content (AvgIpc) is 3.47. The van der Waals surface area contributed by atoms with Gasteiger partial charge >= 0.3 is 0 Å². The Balaban J connectivity index is 1.37. The van der Waals surface area contributed by atoms with Crippen molar-refractivity contribution in [1.82, 2.24) is 15.0 Å². The summed E-state index contributed by atoms with van der Waals surface area (Å²) in [7, 11) is 0. The maximum atomic E-state index is 13.1. The summed E-state index contributed by atoms with van der Waals surface area (Å²) in [5, 5.41) is 22.7. The number of hydrogen-bond acceptors (Lipinski definition) is 6. The molecule has 0 bridgehead atoms. The third-order valence-corrected chi connectivity index (χ3v) is 4.89. The molecule has 3 aromatic carbocycles. The fraction of sp³-hybridized carbons (Fsp3) is 0. The van der Waals surface area contributed by atoms with E-state index in [1.54, 1.807) is 48.5 Å². The Kier molecular flexibility index (Phi) is 4.87. The molecule has 0 aliphatic rings. The van der Waals surface area contributed by atoms with Gasteiger partial charge in [-0.3, -0.25) is 14.9 Å². The van der Waals surface area contributed by atoms with Crippen molar-refractivity contribution in [3.05, 3.63) is 101 Å². The van der Waals surface area contributed by atoms with E-state index in [0.717, 1.165) is 0 Å². The van der Waals surface area contributed by atoms with Crippen LogP contribution in [0.25, 0.3) is 28.0 Å². The third-order valence-electron chi connectivity index (χ3n) is 4.89. The Morgan fingerprint density at radius 2 is 1.73 bits per heavy atom. The quantitative estimate of drug-likeness (QED) is 0.302. The van der Waals surface area contributed by atoms with Gasteiger partial charge in [0.05, 0.1) is 16.2 Å². The number of nitrogens with one attached hydrogen (secondary N) is 1. The number of nitro benzene ring substituents is 1. The van der Waals surface area contributed by atoms with Crippen LogP contribution in [0.3, 0.4) is 0 Å². The number of aromatic nitrogens is 3. The molecule has 0 fully saturated rings. The second-order valence-corrected chi connectivity index (χ2v) is 7.06. The Labute approximate surface area is 185 Å². The fourth-order valence-corrected chi connectivity index (χ4v) is 3.32. The zero-order valence-electron chi connectivity index (χ0n) is 16.8. The molecule has 0 spiro atoms. The van der Waals surface area contributed by atoms with Gasteiger partial charge in [0.25, 0.3) is 11.6 Å². The van der Waals surface area contributed by atoms with Crippen LogP contribution in [0.4, 0.5) is 15.8 Å². The summed E-state index contributed by atoms with van der Waals surface area (Å²) in [5.41, 5.74) is 2.33. The molecule has 2 aromatic heterocycles. The van der Waals surface area contributed by atoms with E-state index < -0.39 is 10.8 Å². The smallest absolute Gasteiger partial charge is 0.291 e. The topological polar surface area (TPSA) is 116 Å². The molecule has 0 radical (unpaired) electrons. The first-order valence-corrected chi connectivity index (χ1v) is 9.76. The van der Waals surface area contributed by atoms with Crippen LogP contribution in [0.1, 0.15) is 10.6 Å². The summed E-state index contributed by atoms with van der Waals surface area (Å²) in [5.74, 6) is -0.670. The van der Waals surface area contributed by atoms with Gasteiger partial charge in [-0.25, -0.2) is 4.39 Å². The standard InChI is InChI=1S/C23H14FN5O4/c24-14-5-8-16(9-6-14)28-26-18-10-7-15(13-19(18)27-28)25-23(30)22-12-11-21(33-22)17-3-1-2-4-20(17)29(31)32/h1-13H,(H,25,30). The average molecular weight is 443 g/mol. The molecular formula is C23H14FN5O4. The summed E-state index contributed by atoms with van der Waals surface area (Å²) in [6.45, 7) is 0. The third kappa shape index (κ3) is 3.92. The number of fused-ring (bicyclic) bond motifs is 1. The van der Waals surface area contributed by atoms with Crippen molar-refractivity contribution in [3.8, 4) is 17.0 Å². The molecule has 5 aromatic rings. The number of carbonyl (C=O) groups excluding carboxylic acids is 1. The molecule has 0 saturated carbocycles. The number of anilines is 1. The summed E-state index contributed by atoms with van der Waals surface area (Å²) in [6, 6.07) is 19.8. The maximum absolute atomic E-state index is 13.1. The normalized spacial score (nSPS) is 10.9. The molecule has 162 valence electrons. The Morgan fingerprint density at radius 1 is 0.970 bits per heavy atom. The van der Waals surface area contributed by atoms with E-state index in [2.05, 4.69) is 15.5 Å². The van der Waals surface area contributed by atoms with Crippen LogP contribution in [0.15, 0.2) is 83.3 Å². The van der Waals surface area contributed by atoms with Gasteiger partial charge < -0.3 is 9.73 Å². The highest BCUT2D eigenvalue weighted by Crippen LogP contribution is 2.31. The lowest BCUT2D eigenvalue weighted by atomic mass is 10.1. The number of hydrogen-bond donors (Lipinski definition) is 1. The highest BCUT2D eigenvalue weighted by Gasteiger charge is 2.19. The number of para-hydroxylation sites is 1. The molecule has 0 unspecified atom stereocenters. The minimum atomic E-state index is -0.523. The van der Waals surface area contributed by atoms with Crippen molar-refractivity contribution in [2.24, 2.45) is 0 Å². The van der Waals surface area contributed by atoms with E-state index >= 15 is 0 Å². The van der Waals surface area contributed by atoms with Gasteiger partial charge in [-0.2, -0.15) is 4.80 Å². The molecule has 0 aliphatic heterocycles. The molecule has 9 nitrogen and oxygen atoms in total. The Bertz CT molecular complexity index is 1510. The zero-order valence-corrected chi connectivity index (χ0v) is 16.8. The van der Waals surface area contributed by atoms with Gasteiger partial charge in [-0.05, 0) is 60.7 Å². The lowest BCUT2D eigenvalue weighted by molar-refractivity contribution is -0.384. The zero-order chi connectivity index (χ0) is 22.9. The first-order valence-electron chi connectivity index (χ1n) is 9.76. The number of amides is 1. The number of rotatable bonds is 5.